The van der Waals surface area contributed by atoms with Gasteiger partial charge in [-0.25, -0.2) is 11.4 Å². The molecule has 1 saturated carbocycles. The molecule has 1 aliphatic heterocycles. The number of cyclic esters (lactones) is 1. The number of ether oxygens (including phenoxy) is 1. The first-order valence-electron chi connectivity index (χ1n) is 8.23. The van der Waals surface area contributed by atoms with Gasteiger partial charge in [-0.15, -0.1) is 0 Å². The minimum atomic E-state index is -0.397. The van der Waals surface area contributed by atoms with Gasteiger partial charge < -0.3 is 14.9 Å². The van der Waals surface area contributed by atoms with E-state index in [1.54, 1.807) is 4.90 Å². The van der Waals surface area contributed by atoms with Gasteiger partial charge in [0.2, 0.25) is 5.91 Å². The zero-order chi connectivity index (χ0) is 17.3. The zero-order valence-corrected chi connectivity index (χ0v) is 14.0. The maximum absolute atomic E-state index is 12.1. The van der Waals surface area contributed by atoms with Gasteiger partial charge in [-0.3, -0.25) is 9.69 Å². The highest BCUT2D eigenvalue weighted by Gasteiger charge is 2.53. The van der Waals surface area contributed by atoms with E-state index in [0.29, 0.717) is 13.1 Å². The Hall–Kier alpha value is -2.55. The van der Waals surface area contributed by atoms with E-state index < -0.39 is 6.09 Å². The van der Waals surface area contributed by atoms with Crippen LogP contribution < -0.4 is 10.2 Å². The number of anilines is 1. The number of carbonyl (C=O) groups excluding carboxylic acids is 2. The smallest absolute Gasteiger partial charge is 0.414 e. The first-order valence-corrected chi connectivity index (χ1v) is 8.23. The lowest BCUT2D eigenvalue weighted by Crippen LogP contribution is -2.33. The largest absolute Gasteiger partial charge is 0.442 e. The summed E-state index contributed by atoms with van der Waals surface area (Å²) in [7, 11) is 0. The molecule has 1 heterocycles. The first-order chi connectivity index (χ1) is 11.5. The Balaban J connectivity index is 1.79. The van der Waals surface area contributed by atoms with Gasteiger partial charge in [-0.05, 0) is 30.2 Å². The summed E-state index contributed by atoms with van der Waals surface area (Å²) in [5, 5.41) is 2.67. The molecule has 1 unspecified atom stereocenters. The summed E-state index contributed by atoms with van der Waals surface area (Å²) in [4.78, 5) is 28.5. The van der Waals surface area contributed by atoms with E-state index in [4.69, 9.17) is 11.3 Å². The number of carbonyl (C=O) groups is 2. The Bertz CT molecular complexity index is 719. The molecule has 24 heavy (non-hydrogen) atoms. The van der Waals surface area contributed by atoms with Crippen LogP contribution in [0.4, 0.5) is 10.5 Å². The molecular weight excluding hydrogens is 306 g/mol. The molecule has 6 nitrogen and oxygen atoms in total. The number of benzene rings is 1. The highest BCUT2D eigenvalue weighted by atomic mass is 16.6. The Morgan fingerprint density at radius 2 is 2.25 bits per heavy atom. The van der Waals surface area contributed by atoms with Crippen LogP contribution in [0.1, 0.15) is 37.8 Å². The molecule has 1 saturated heterocycles. The Morgan fingerprint density at radius 1 is 1.50 bits per heavy atom. The number of amides is 2. The molecule has 6 heteroatoms. The third-order valence-electron chi connectivity index (χ3n) is 4.67. The predicted molar refractivity (Wildman–Crippen MR) is 89.6 cm³/mol. The summed E-state index contributed by atoms with van der Waals surface area (Å²) >= 11 is 0. The van der Waals surface area contributed by atoms with Gasteiger partial charge >= 0.3 is 6.09 Å². The van der Waals surface area contributed by atoms with Gasteiger partial charge in [0.15, 0.2) is 0 Å². The predicted octanol–water partition coefficient (Wildman–Crippen LogP) is 2.62. The highest BCUT2D eigenvalue weighted by molar-refractivity contribution is 5.90. The fourth-order valence-electron chi connectivity index (χ4n) is 3.15. The van der Waals surface area contributed by atoms with Crippen molar-refractivity contribution in [3.05, 3.63) is 40.7 Å². The lowest BCUT2D eigenvalue weighted by atomic mass is 9.96. The average Bonchev–Trinajstić information content (AvgIpc) is 3.29. The molecule has 1 aromatic rings. The van der Waals surface area contributed by atoms with Crippen molar-refractivity contribution < 1.29 is 14.3 Å². The van der Waals surface area contributed by atoms with E-state index in [9.17, 15) is 9.59 Å². The summed E-state index contributed by atoms with van der Waals surface area (Å²) in [6.07, 6.45) is 1.90. The van der Waals surface area contributed by atoms with E-state index in [-0.39, 0.29) is 17.6 Å². The van der Waals surface area contributed by atoms with Crippen LogP contribution in [0.25, 0.3) is 4.85 Å². The van der Waals surface area contributed by atoms with Gasteiger partial charge in [0.25, 0.3) is 5.54 Å². The summed E-state index contributed by atoms with van der Waals surface area (Å²) < 4.78 is 5.31. The zero-order valence-electron chi connectivity index (χ0n) is 14.0. The maximum Gasteiger partial charge on any atom is 0.414 e. The number of nitrogens with zero attached hydrogens (tertiary/aromatic N) is 2. The molecule has 0 aromatic heterocycles. The minimum Gasteiger partial charge on any atom is -0.442 e. The number of hydrogen-bond acceptors (Lipinski definition) is 3. The van der Waals surface area contributed by atoms with Crippen LogP contribution in [0.15, 0.2) is 18.2 Å². The van der Waals surface area contributed by atoms with Crippen molar-refractivity contribution in [1.29, 1.82) is 0 Å². The van der Waals surface area contributed by atoms with E-state index in [0.717, 1.165) is 36.1 Å². The Labute approximate surface area is 141 Å². The lowest BCUT2D eigenvalue weighted by Gasteiger charge is -2.17. The lowest BCUT2D eigenvalue weighted by molar-refractivity contribution is -0.119. The third-order valence-corrected chi connectivity index (χ3v) is 4.67. The van der Waals surface area contributed by atoms with Gasteiger partial charge in [-0.2, -0.15) is 0 Å². The fourth-order valence-corrected chi connectivity index (χ4v) is 3.15. The van der Waals surface area contributed by atoms with Crippen molar-refractivity contribution in [2.45, 2.75) is 44.8 Å². The maximum atomic E-state index is 12.1. The molecule has 1 N–H and O–H groups in total. The molecule has 2 aliphatic rings. The van der Waals surface area contributed by atoms with Crippen molar-refractivity contribution in [2.24, 2.45) is 0 Å². The molecule has 2 amide bonds. The topological polar surface area (TPSA) is 63.0 Å². The van der Waals surface area contributed by atoms with Crippen LogP contribution in [0.3, 0.4) is 0 Å². The quantitative estimate of drug-likeness (QED) is 0.846. The summed E-state index contributed by atoms with van der Waals surface area (Å²) in [5.74, 6) is -0.143. The second-order valence-corrected chi connectivity index (χ2v) is 6.39. The second-order valence-electron chi connectivity index (χ2n) is 6.39. The van der Waals surface area contributed by atoms with Crippen LogP contribution in [-0.4, -0.2) is 31.2 Å². The summed E-state index contributed by atoms with van der Waals surface area (Å²) in [5.41, 5.74) is 2.64. The molecule has 0 spiro atoms. The monoisotopic (exact) mass is 327 g/mol. The minimum absolute atomic E-state index is 0.143. The van der Waals surface area contributed by atoms with Gasteiger partial charge in [0.05, 0.1) is 13.1 Å². The molecule has 0 bridgehead atoms. The molecule has 3 rings (SSSR count). The first kappa shape index (κ1) is 16.3. The normalized spacial score (nSPS) is 21.1. The van der Waals surface area contributed by atoms with Crippen molar-refractivity contribution >= 4 is 17.7 Å². The van der Waals surface area contributed by atoms with Crippen LogP contribution in [0.5, 0.6) is 0 Å². The van der Waals surface area contributed by atoms with Gasteiger partial charge in [-0.1, -0.05) is 6.92 Å². The van der Waals surface area contributed by atoms with Crippen LogP contribution in [0, 0.1) is 6.57 Å². The van der Waals surface area contributed by atoms with Crippen molar-refractivity contribution in [1.82, 2.24) is 5.32 Å². The Morgan fingerprint density at radius 3 is 2.83 bits per heavy atom. The number of aryl methyl sites for hydroxylation is 1. The third kappa shape index (κ3) is 2.94. The molecule has 2 fully saturated rings. The van der Waals surface area contributed by atoms with Gasteiger partial charge in [0.1, 0.15) is 6.10 Å². The van der Waals surface area contributed by atoms with E-state index in [1.165, 1.54) is 6.92 Å². The van der Waals surface area contributed by atoms with Crippen molar-refractivity contribution in [2.75, 3.05) is 18.0 Å². The fraction of sp³-hybridized carbons (Fsp3) is 0.500. The number of rotatable bonds is 5. The van der Waals surface area contributed by atoms with Crippen LogP contribution in [0.2, 0.25) is 0 Å². The number of hydrogen-bond donors (Lipinski definition) is 1. The van der Waals surface area contributed by atoms with E-state index in [1.807, 2.05) is 18.2 Å². The van der Waals surface area contributed by atoms with E-state index >= 15 is 0 Å². The van der Waals surface area contributed by atoms with Crippen molar-refractivity contribution in [3.8, 4) is 0 Å². The standard InChI is InChI=1S/C18H21N3O3/c1-4-13-9-14(5-6-16(13)18(19-3)7-8-18)21-11-15(24-17(21)23)10-20-12(2)22/h5-6,9,15H,4,7-8,10-11H2,1-2H3,(H,20,22). The molecule has 126 valence electrons. The highest BCUT2D eigenvalue weighted by Crippen LogP contribution is 2.51. The molecule has 0 radical (unpaired) electrons. The van der Waals surface area contributed by atoms with Crippen LogP contribution >= 0.6 is 0 Å². The molecule has 1 aromatic carbocycles. The molecule has 1 atom stereocenters. The molecular formula is C18H21N3O3. The average molecular weight is 327 g/mol. The van der Waals surface area contributed by atoms with Gasteiger partial charge in [0, 0.05) is 31.0 Å². The van der Waals surface area contributed by atoms with Crippen LogP contribution in [-0.2, 0) is 21.5 Å². The SMILES string of the molecule is [C-]#[N+]C1(c2ccc(N3CC(CNC(C)=O)OC3=O)cc2CC)CC1. The van der Waals surface area contributed by atoms with Crippen molar-refractivity contribution in [3.63, 3.8) is 0 Å². The summed E-state index contributed by atoms with van der Waals surface area (Å²) in [6.45, 7) is 11.7. The molecule has 1 aliphatic carbocycles. The second kappa shape index (κ2) is 6.16. The summed E-state index contributed by atoms with van der Waals surface area (Å²) in [6, 6.07) is 5.86. The number of nitrogens with one attached hydrogen (secondary N) is 1. The van der Waals surface area contributed by atoms with E-state index in [2.05, 4.69) is 17.1 Å². The Kier molecular flexibility index (Phi) is 4.18.